The Morgan fingerprint density at radius 2 is 2.20 bits per heavy atom. The molecule has 1 aromatic rings. The van der Waals surface area contributed by atoms with Gasteiger partial charge >= 0.3 is 0 Å². The molecule has 1 rings (SSSR count). The number of hydrogen-bond donors (Lipinski definition) is 1. The van der Waals surface area contributed by atoms with E-state index in [4.69, 9.17) is 21.4 Å². The molecule has 0 saturated heterocycles. The molecule has 0 radical (unpaired) electrons. The predicted molar refractivity (Wildman–Crippen MR) is 58.1 cm³/mol. The van der Waals surface area contributed by atoms with Gasteiger partial charge in [-0.1, -0.05) is 17.7 Å². The van der Waals surface area contributed by atoms with Gasteiger partial charge in [0.2, 0.25) is 0 Å². The first-order chi connectivity index (χ1) is 7.11. The van der Waals surface area contributed by atoms with Crippen LogP contribution in [0.5, 0.6) is 5.75 Å². The second kappa shape index (κ2) is 5.33. The van der Waals surface area contributed by atoms with Gasteiger partial charge in [0.25, 0.3) is 0 Å². The van der Waals surface area contributed by atoms with Gasteiger partial charge in [-0.05, 0) is 30.9 Å². The number of hydrogen-bond acceptors (Lipinski definition) is 2. The molecule has 0 unspecified atom stereocenters. The average molecular weight is 233 g/mol. The monoisotopic (exact) mass is 232 g/mol. The summed E-state index contributed by atoms with van der Waals surface area (Å²) in [4.78, 5) is 0. The molecule has 0 aromatic heterocycles. The van der Waals surface area contributed by atoms with E-state index in [-0.39, 0.29) is 12.4 Å². The number of aliphatic hydroxyl groups excluding tert-OH is 1. The average Bonchev–Trinajstić information content (AvgIpc) is 2.22. The van der Waals surface area contributed by atoms with Crippen molar-refractivity contribution in [2.24, 2.45) is 0 Å². The second-order valence-corrected chi connectivity index (χ2v) is 3.72. The molecule has 15 heavy (non-hydrogen) atoms. The van der Waals surface area contributed by atoms with E-state index in [9.17, 15) is 4.39 Å². The first kappa shape index (κ1) is 12.3. The number of methoxy groups -OCH3 is 1. The van der Waals surface area contributed by atoms with Crippen LogP contribution in [0.1, 0.15) is 17.5 Å². The summed E-state index contributed by atoms with van der Waals surface area (Å²) in [7, 11) is 1.39. The fraction of sp³-hybridized carbons (Fsp3) is 0.455. The van der Waals surface area contributed by atoms with E-state index in [2.05, 4.69) is 0 Å². The van der Waals surface area contributed by atoms with E-state index in [0.717, 1.165) is 5.56 Å². The first-order valence-corrected chi connectivity index (χ1v) is 5.12. The van der Waals surface area contributed by atoms with Crippen LogP contribution in [-0.4, -0.2) is 18.8 Å². The minimum Gasteiger partial charge on any atom is -0.492 e. The van der Waals surface area contributed by atoms with Crippen LogP contribution in [0.4, 0.5) is 4.39 Å². The summed E-state index contributed by atoms with van der Waals surface area (Å²) in [6, 6.07) is 1.69. The maximum absolute atomic E-state index is 13.7. The van der Waals surface area contributed by atoms with Crippen LogP contribution in [0, 0.1) is 12.7 Å². The molecule has 0 aliphatic carbocycles. The van der Waals surface area contributed by atoms with Crippen LogP contribution in [0.2, 0.25) is 5.02 Å². The maximum Gasteiger partial charge on any atom is 0.173 e. The van der Waals surface area contributed by atoms with Crippen LogP contribution in [-0.2, 0) is 6.42 Å². The van der Waals surface area contributed by atoms with Crippen molar-refractivity contribution in [3.8, 4) is 5.75 Å². The number of aliphatic hydroxyl groups is 1. The van der Waals surface area contributed by atoms with E-state index in [0.29, 0.717) is 23.4 Å². The van der Waals surface area contributed by atoms with Crippen LogP contribution >= 0.6 is 11.6 Å². The van der Waals surface area contributed by atoms with Crippen molar-refractivity contribution >= 4 is 11.6 Å². The zero-order chi connectivity index (χ0) is 11.4. The number of halogens is 2. The molecule has 0 amide bonds. The molecular formula is C11H14ClFO2. The van der Waals surface area contributed by atoms with Gasteiger partial charge in [0.05, 0.1) is 12.1 Å². The molecule has 84 valence electrons. The lowest BCUT2D eigenvalue weighted by Crippen LogP contribution is -1.99. The molecule has 0 bridgehead atoms. The minimum atomic E-state index is -0.429. The number of aryl methyl sites for hydroxylation is 2. The summed E-state index contributed by atoms with van der Waals surface area (Å²) in [6.45, 7) is 1.84. The summed E-state index contributed by atoms with van der Waals surface area (Å²) in [5.74, 6) is -0.342. The van der Waals surface area contributed by atoms with Gasteiger partial charge in [-0.3, -0.25) is 0 Å². The fourth-order valence-electron chi connectivity index (χ4n) is 1.44. The Morgan fingerprint density at radius 3 is 2.73 bits per heavy atom. The summed E-state index contributed by atoms with van der Waals surface area (Å²) >= 11 is 5.89. The maximum atomic E-state index is 13.7. The van der Waals surface area contributed by atoms with E-state index < -0.39 is 5.82 Å². The lowest BCUT2D eigenvalue weighted by molar-refractivity contribution is 0.287. The Hall–Kier alpha value is -0.800. The van der Waals surface area contributed by atoms with Crippen LogP contribution in [0.25, 0.3) is 0 Å². The lowest BCUT2D eigenvalue weighted by Gasteiger charge is -2.11. The SMILES string of the molecule is COc1c(F)c(CCCO)cc(C)c1Cl. The van der Waals surface area contributed by atoms with Crippen molar-refractivity contribution in [3.05, 3.63) is 28.0 Å². The van der Waals surface area contributed by atoms with Crippen molar-refractivity contribution in [1.29, 1.82) is 0 Å². The predicted octanol–water partition coefficient (Wildman–Crippen LogP) is 2.72. The first-order valence-electron chi connectivity index (χ1n) is 4.74. The third-order valence-electron chi connectivity index (χ3n) is 2.23. The second-order valence-electron chi connectivity index (χ2n) is 3.34. The van der Waals surface area contributed by atoms with Crippen molar-refractivity contribution < 1.29 is 14.2 Å². The molecule has 0 spiro atoms. The summed E-state index contributed by atoms with van der Waals surface area (Å²) in [5.41, 5.74) is 1.31. The minimum absolute atomic E-state index is 0.0451. The quantitative estimate of drug-likeness (QED) is 0.865. The highest BCUT2D eigenvalue weighted by atomic mass is 35.5. The Kier molecular flexibility index (Phi) is 4.36. The number of rotatable bonds is 4. The smallest absolute Gasteiger partial charge is 0.173 e. The van der Waals surface area contributed by atoms with E-state index in [1.807, 2.05) is 0 Å². The topological polar surface area (TPSA) is 29.5 Å². The normalized spacial score (nSPS) is 10.5. The lowest BCUT2D eigenvalue weighted by atomic mass is 10.1. The van der Waals surface area contributed by atoms with Crippen molar-refractivity contribution in [3.63, 3.8) is 0 Å². The van der Waals surface area contributed by atoms with Gasteiger partial charge < -0.3 is 9.84 Å². The van der Waals surface area contributed by atoms with Gasteiger partial charge in [-0.25, -0.2) is 4.39 Å². The van der Waals surface area contributed by atoms with Crippen molar-refractivity contribution in [1.82, 2.24) is 0 Å². The third kappa shape index (κ3) is 2.61. The zero-order valence-electron chi connectivity index (χ0n) is 8.81. The standard InChI is InChI=1S/C11H14ClFO2/c1-7-6-8(4-3-5-14)10(13)11(15-2)9(7)12/h6,14H,3-5H2,1-2H3. The Bertz CT molecular complexity index is 353. The van der Waals surface area contributed by atoms with Gasteiger partial charge in [0, 0.05) is 6.61 Å². The van der Waals surface area contributed by atoms with Crippen LogP contribution < -0.4 is 4.74 Å². The van der Waals surface area contributed by atoms with E-state index in [1.165, 1.54) is 7.11 Å². The van der Waals surface area contributed by atoms with Gasteiger partial charge in [0.1, 0.15) is 0 Å². The highest BCUT2D eigenvalue weighted by molar-refractivity contribution is 6.32. The number of ether oxygens (including phenoxy) is 1. The summed E-state index contributed by atoms with van der Waals surface area (Å²) in [5, 5.41) is 9.00. The molecule has 0 aliphatic rings. The molecule has 0 heterocycles. The molecule has 0 saturated carbocycles. The van der Waals surface area contributed by atoms with Crippen molar-refractivity contribution in [2.75, 3.05) is 13.7 Å². The molecule has 0 aliphatic heterocycles. The fourth-order valence-corrected chi connectivity index (χ4v) is 1.65. The largest absolute Gasteiger partial charge is 0.492 e. The molecule has 1 N–H and O–H groups in total. The van der Waals surface area contributed by atoms with Crippen LogP contribution in [0.3, 0.4) is 0 Å². The molecule has 0 fully saturated rings. The Balaban J connectivity index is 3.12. The molecule has 0 atom stereocenters. The Labute approximate surface area is 93.6 Å². The molecule has 1 aromatic carbocycles. The molecule has 2 nitrogen and oxygen atoms in total. The zero-order valence-corrected chi connectivity index (χ0v) is 9.57. The highest BCUT2D eigenvalue weighted by Gasteiger charge is 2.15. The highest BCUT2D eigenvalue weighted by Crippen LogP contribution is 2.33. The van der Waals surface area contributed by atoms with Gasteiger partial charge in [-0.15, -0.1) is 0 Å². The summed E-state index contributed by atoms with van der Waals surface area (Å²) in [6.07, 6.45) is 1.01. The van der Waals surface area contributed by atoms with E-state index >= 15 is 0 Å². The molecule has 4 heteroatoms. The van der Waals surface area contributed by atoms with Gasteiger partial charge in [0.15, 0.2) is 11.6 Å². The third-order valence-corrected chi connectivity index (χ3v) is 2.70. The number of benzene rings is 1. The summed E-state index contributed by atoms with van der Waals surface area (Å²) < 4.78 is 18.7. The van der Waals surface area contributed by atoms with Crippen LogP contribution in [0.15, 0.2) is 6.07 Å². The Morgan fingerprint density at radius 1 is 1.53 bits per heavy atom. The van der Waals surface area contributed by atoms with Gasteiger partial charge in [-0.2, -0.15) is 0 Å². The molecular weight excluding hydrogens is 219 g/mol. The van der Waals surface area contributed by atoms with E-state index in [1.54, 1.807) is 13.0 Å². The van der Waals surface area contributed by atoms with Crippen molar-refractivity contribution in [2.45, 2.75) is 19.8 Å².